The molecule has 2 rings (SSSR count). The fraction of sp³-hybridized carbons (Fsp3) is 0.667. The first-order valence-corrected chi connectivity index (χ1v) is 9.40. The van der Waals surface area contributed by atoms with Crippen LogP contribution in [0.15, 0.2) is 23.1 Å². The molecule has 126 valence electrons. The number of halogens is 1. The van der Waals surface area contributed by atoms with Gasteiger partial charge in [-0.15, -0.1) is 24.2 Å². The maximum atomic E-state index is 5.97. The number of rotatable bonds is 8. The van der Waals surface area contributed by atoms with E-state index >= 15 is 0 Å². The Morgan fingerprint density at radius 3 is 2.50 bits per heavy atom. The Morgan fingerprint density at radius 2 is 1.86 bits per heavy atom. The summed E-state index contributed by atoms with van der Waals surface area (Å²) >= 11 is 2.00. The number of fused-ring (bicyclic) bond motifs is 1. The standard InChI is InChI=1S/C18H29NOS.ClH/c1-4-10-19(11-5-2)15-13-16-17(20-12-6-3)8-7-9-18(16)21-14-15;/h7-9,15H,4-6,10-14H2,1-3H3;1H. The first kappa shape index (κ1) is 19.7. The van der Waals surface area contributed by atoms with Crippen molar-refractivity contribution >= 4 is 24.2 Å². The van der Waals surface area contributed by atoms with Crippen LogP contribution in [0.5, 0.6) is 5.75 Å². The van der Waals surface area contributed by atoms with Gasteiger partial charge >= 0.3 is 0 Å². The van der Waals surface area contributed by atoms with E-state index in [-0.39, 0.29) is 12.4 Å². The largest absolute Gasteiger partial charge is 0.493 e. The molecule has 1 aliphatic rings. The van der Waals surface area contributed by atoms with Crippen LogP contribution in [-0.4, -0.2) is 36.4 Å². The van der Waals surface area contributed by atoms with E-state index in [0.717, 1.165) is 25.2 Å². The molecule has 1 heterocycles. The highest BCUT2D eigenvalue weighted by Crippen LogP contribution is 2.37. The van der Waals surface area contributed by atoms with Crippen molar-refractivity contribution in [3.05, 3.63) is 23.8 Å². The SMILES string of the molecule is CCCOc1cccc2c1CC(N(CCC)CCC)CS2.Cl. The van der Waals surface area contributed by atoms with Crippen molar-refractivity contribution in [1.29, 1.82) is 0 Å². The van der Waals surface area contributed by atoms with Crippen LogP contribution in [0.1, 0.15) is 45.6 Å². The van der Waals surface area contributed by atoms with Gasteiger partial charge in [0.05, 0.1) is 6.61 Å². The molecule has 1 aromatic carbocycles. The molecule has 2 nitrogen and oxygen atoms in total. The predicted octanol–water partition coefficient (Wildman–Crippen LogP) is 5.04. The fourth-order valence-electron chi connectivity index (χ4n) is 3.00. The van der Waals surface area contributed by atoms with Gasteiger partial charge in [-0.2, -0.15) is 0 Å². The maximum absolute atomic E-state index is 5.97. The van der Waals surface area contributed by atoms with Gasteiger partial charge in [-0.05, 0) is 50.9 Å². The van der Waals surface area contributed by atoms with Crippen LogP contribution in [0.25, 0.3) is 0 Å². The molecular weight excluding hydrogens is 314 g/mol. The maximum Gasteiger partial charge on any atom is 0.123 e. The second-order valence-electron chi connectivity index (χ2n) is 5.79. The predicted molar refractivity (Wildman–Crippen MR) is 99.8 cm³/mol. The van der Waals surface area contributed by atoms with E-state index in [0.29, 0.717) is 6.04 Å². The Hall–Kier alpha value is -0.380. The lowest BCUT2D eigenvalue weighted by Gasteiger charge is -2.35. The monoisotopic (exact) mass is 343 g/mol. The quantitative estimate of drug-likeness (QED) is 0.656. The number of ether oxygens (including phenoxy) is 1. The Labute approximate surface area is 146 Å². The van der Waals surface area contributed by atoms with Crippen molar-refractivity contribution in [2.75, 3.05) is 25.4 Å². The Bertz CT molecular complexity index is 435. The lowest BCUT2D eigenvalue weighted by Crippen LogP contribution is -2.41. The lowest BCUT2D eigenvalue weighted by atomic mass is 10.0. The van der Waals surface area contributed by atoms with Crippen molar-refractivity contribution in [2.45, 2.75) is 57.4 Å². The molecular formula is C18H30ClNOS. The van der Waals surface area contributed by atoms with Crippen molar-refractivity contribution in [1.82, 2.24) is 4.90 Å². The molecule has 1 unspecified atom stereocenters. The van der Waals surface area contributed by atoms with Gasteiger partial charge in [0.2, 0.25) is 0 Å². The zero-order chi connectivity index (χ0) is 15.1. The smallest absolute Gasteiger partial charge is 0.123 e. The number of thioether (sulfide) groups is 1. The molecule has 0 radical (unpaired) electrons. The van der Waals surface area contributed by atoms with E-state index in [2.05, 4.69) is 43.9 Å². The van der Waals surface area contributed by atoms with Crippen LogP contribution in [0.4, 0.5) is 0 Å². The third-order valence-electron chi connectivity index (χ3n) is 3.96. The molecule has 1 aliphatic heterocycles. The Balaban J connectivity index is 0.00000242. The van der Waals surface area contributed by atoms with E-state index in [1.165, 1.54) is 42.1 Å². The summed E-state index contributed by atoms with van der Waals surface area (Å²) in [6.45, 7) is 9.97. The molecule has 0 bridgehead atoms. The number of benzene rings is 1. The van der Waals surface area contributed by atoms with Crippen LogP contribution >= 0.6 is 24.2 Å². The summed E-state index contributed by atoms with van der Waals surface area (Å²) in [6.07, 6.45) is 4.68. The normalized spacial score (nSPS) is 17.0. The second kappa shape index (κ2) is 10.4. The van der Waals surface area contributed by atoms with E-state index in [1.807, 2.05) is 11.8 Å². The molecule has 1 atom stereocenters. The second-order valence-corrected chi connectivity index (χ2v) is 6.85. The van der Waals surface area contributed by atoms with Gasteiger partial charge in [-0.1, -0.05) is 26.8 Å². The molecule has 0 fully saturated rings. The van der Waals surface area contributed by atoms with Crippen LogP contribution in [-0.2, 0) is 6.42 Å². The zero-order valence-corrected chi connectivity index (χ0v) is 15.8. The molecule has 0 amide bonds. The highest BCUT2D eigenvalue weighted by atomic mass is 35.5. The van der Waals surface area contributed by atoms with Gasteiger partial charge in [0.15, 0.2) is 0 Å². The minimum absolute atomic E-state index is 0. The average Bonchev–Trinajstić information content (AvgIpc) is 2.52. The highest BCUT2D eigenvalue weighted by Gasteiger charge is 2.26. The van der Waals surface area contributed by atoms with Gasteiger partial charge < -0.3 is 4.74 Å². The summed E-state index contributed by atoms with van der Waals surface area (Å²) in [5, 5.41) is 0. The minimum Gasteiger partial charge on any atom is -0.493 e. The van der Waals surface area contributed by atoms with Crippen molar-refractivity contribution in [3.63, 3.8) is 0 Å². The average molecular weight is 344 g/mol. The molecule has 0 saturated carbocycles. The molecule has 4 heteroatoms. The number of hydrogen-bond acceptors (Lipinski definition) is 3. The van der Waals surface area contributed by atoms with E-state index in [1.54, 1.807) is 0 Å². The zero-order valence-electron chi connectivity index (χ0n) is 14.1. The topological polar surface area (TPSA) is 12.5 Å². The van der Waals surface area contributed by atoms with Crippen LogP contribution in [0.2, 0.25) is 0 Å². The van der Waals surface area contributed by atoms with Gasteiger partial charge in [0.25, 0.3) is 0 Å². The summed E-state index contributed by atoms with van der Waals surface area (Å²) in [4.78, 5) is 4.10. The van der Waals surface area contributed by atoms with Crippen LogP contribution in [0, 0.1) is 0 Å². The van der Waals surface area contributed by atoms with E-state index in [9.17, 15) is 0 Å². The Morgan fingerprint density at radius 1 is 1.14 bits per heavy atom. The van der Waals surface area contributed by atoms with Crippen molar-refractivity contribution < 1.29 is 4.74 Å². The summed E-state index contributed by atoms with van der Waals surface area (Å²) in [7, 11) is 0. The van der Waals surface area contributed by atoms with E-state index in [4.69, 9.17) is 4.74 Å². The molecule has 0 saturated heterocycles. The summed E-state index contributed by atoms with van der Waals surface area (Å²) in [6, 6.07) is 7.18. The molecule has 0 aromatic heterocycles. The number of hydrogen-bond donors (Lipinski definition) is 0. The fourth-order valence-corrected chi connectivity index (χ4v) is 4.23. The molecule has 0 N–H and O–H groups in total. The first-order chi connectivity index (χ1) is 10.3. The van der Waals surface area contributed by atoms with Crippen LogP contribution in [0.3, 0.4) is 0 Å². The summed E-state index contributed by atoms with van der Waals surface area (Å²) in [5.74, 6) is 2.32. The summed E-state index contributed by atoms with van der Waals surface area (Å²) in [5.41, 5.74) is 1.43. The minimum atomic E-state index is 0. The van der Waals surface area contributed by atoms with Gasteiger partial charge in [-0.25, -0.2) is 0 Å². The first-order valence-electron chi connectivity index (χ1n) is 8.41. The van der Waals surface area contributed by atoms with Crippen molar-refractivity contribution in [2.24, 2.45) is 0 Å². The lowest BCUT2D eigenvalue weighted by molar-refractivity contribution is 0.207. The third kappa shape index (κ3) is 5.07. The van der Waals surface area contributed by atoms with E-state index < -0.39 is 0 Å². The van der Waals surface area contributed by atoms with Gasteiger partial charge in [0, 0.05) is 22.3 Å². The van der Waals surface area contributed by atoms with Gasteiger partial charge in [-0.3, -0.25) is 4.90 Å². The Kier molecular flexibility index (Phi) is 9.30. The number of nitrogens with zero attached hydrogens (tertiary/aromatic N) is 1. The molecule has 1 aromatic rings. The molecule has 0 spiro atoms. The molecule has 22 heavy (non-hydrogen) atoms. The van der Waals surface area contributed by atoms with Crippen molar-refractivity contribution in [3.8, 4) is 5.75 Å². The molecule has 0 aliphatic carbocycles. The highest BCUT2D eigenvalue weighted by molar-refractivity contribution is 7.99. The summed E-state index contributed by atoms with van der Waals surface area (Å²) < 4.78 is 5.97. The van der Waals surface area contributed by atoms with Crippen LogP contribution < -0.4 is 4.74 Å². The third-order valence-corrected chi connectivity index (χ3v) is 5.21. The van der Waals surface area contributed by atoms with Gasteiger partial charge in [0.1, 0.15) is 5.75 Å².